The Hall–Kier alpha value is -2.03. The lowest BCUT2D eigenvalue weighted by Gasteiger charge is -2.21. The molecule has 1 aromatic carbocycles. The Morgan fingerprint density at radius 1 is 1.16 bits per heavy atom. The van der Waals surface area contributed by atoms with Crippen LogP contribution in [0.4, 0.5) is 0 Å². The van der Waals surface area contributed by atoms with Crippen LogP contribution in [0.1, 0.15) is 86.7 Å². The van der Waals surface area contributed by atoms with Gasteiger partial charge in [-0.25, -0.2) is 4.79 Å². The lowest BCUT2D eigenvalue weighted by atomic mass is 9.87. The Bertz CT molecular complexity index is 761. The topological polar surface area (TPSA) is 50.4 Å². The maximum Gasteiger partial charge on any atom is 0.343 e. The van der Waals surface area contributed by atoms with E-state index in [1.807, 2.05) is 37.3 Å². The molecule has 3 rings (SSSR count). The van der Waals surface area contributed by atoms with Crippen molar-refractivity contribution < 1.29 is 9.52 Å². The second kappa shape index (κ2) is 7.90. The highest BCUT2D eigenvalue weighted by atomic mass is 16.4. The van der Waals surface area contributed by atoms with E-state index in [-0.39, 0.29) is 23.2 Å². The molecule has 1 aromatic heterocycles. The highest BCUT2D eigenvalue weighted by Gasteiger charge is 2.27. The molecule has 1 aliphatic rings. The van der Waals surface area contributed by atoms with Crippen molar-refractivity contribution in [1.82, 2.24) is 0 Å². The van der Waals surface area contributed by atoms with E-state index in [2.05, 4.69) is 6.92 Å². The molecule has 2 unspecified atom stereocenters. The number of benzene rings is 1. The van der Waals surface area contributed by atoms with Crippen molar-refractivity contribution in [2.75, 3.05) is 0 Å². The fourth-order valence-electron chi connectivity index (χ4n) is 4.07. The molecule has 25 heavy (non-hydrogen) atoms. The van der Waals surface area contributed by atoms with Crippen molar-refractivity contribution in [1.29, 1.82) is 0 Å². The number of rotatable bonds is 3. The average molecular weight is 340 g/mol. The van der Waals surface area contributed by atoms with Crippen LogP contribution in [0.2, 0.25) is 0 Å². The molecule has 2 aromatic rings. The summed E-state index contributed by atoms with van der Waals surface area (Å²) in [5.41, 5.74) is 1.96. The predicted molar refractivity (Wildman–Crippen MR) is 100 cm³/mol. The molecule has 3 heteroatoms. The monoisotopic (exact) mass is 340 g/mol. The third-order valence-electron chi connectivity index (χ3n) is 5.48. The van der Waals surface area contributed by atoms with E-state index in [0.29, 0.717) is 11.3 Å². The second-order valence-electron chi connectivity index (χ2n) is 7.22. The molecule has 0 fully saturated rings. The minimum absolute atomic E-state index is 0.134. The van der Waals surface area contributed by atoms with E-state index in [0.717, 1.165) is 49.7 Å². The van der Waals surface area contributed by atoms with Gasteiger partial charge in [-0.3, -0.25) is 0 Å². The first kappa shape index (κ1) is 17.8. The standard InChI is InChI=1S/C22H28O3/c1-3-17(16-12-8-6-9-13-16)19-20(23)18-14-10-5-4-7-11-15(2)21(18)25-22(19)24/h6,8-9,12-13,15,17,23H,3-5,7,10-11,14H2,1-2H3. The lowest BCUT2D eigenvalue weighted by molar-refractivity contribution is 0.376. The van der Waals surface area contributed by atoms with Crippen LogP contribution in [-0.4, -0.2) is 5.11 Å². The smallest absolute Gasteiger partial charge is 0.343 e. The minimum atomic E-state index is -0.377. The van der Waals surface area contributed by atoms with E-state index >= 15 is 0 Å². The first-order valence-electron chi connectivity index (χ1n) is 9.57. The van der Waals surface area contributed by atoms with Crippen LogP contribution in [0.3, 0.4) is 0 Å². The zero-order valence-corrected chi connectivity index (χ0v) is 15.3. The number of aromatic hydroxyl groups is 1. The van der Waals surface area contributed by atoms with E-state index in [1.165, 1.54) is 6.42 Å². The number of fused-ring (bicyclic) bond motifs is 1. The zero-order valence-electron chi connectivity index (χ0n) is 15.3. The van der Waals surface area contributed by atoms with Crippen LogP contribution in [0.15, 0.2) is 39.5 Å². The van der Waals surface area contributed by atoms with E-state index in [4.69, 9.17) is 4.42 Å². The zero-order chi connectivity index (χ0) is 17.8. The van der Waals surface area contributed by atoms with Gasteiger partial charge in [0.15, 0.2) is 0 Å². The van der Waals surface area contributed by atoms with Crippen molar-refractivity contribution in [2.24, 2.45) is 0 Å². The lowest BCUT2D eigenvalue weighted by Crippen LogP contribution is -2.17. The summed E-state index contributed by atoms with van der Waals surface area (Å²) in [6, 6.07) is 9.92. The van der Waals surface area contributed by atoms with E-state index in [9.17, 15) is 9.90 Å². The normalized spacial score (nSPS) is 19.4. The first-order chi connectivity index (χ1) is 12.1. The summed E-state index contributed by atoms with van der Waals surface area (Å²) in [4.78, 5) is 12.8. The van der Waals surface area contributed by atoms with Gasteiger partial charge in [0.25, 0.3) is 0 Å². The highest BCUT2D eigenvalue weighted by molar-refractivity contribution is 5.46. The molecule has 0 aliphatic heterocycles. The second-order valence-corrected chi connectivity index (χ2v) is 7.22. The summed E-state index contributed by atoms with van der Waals surface area (Å²) >= 11 is 0. The highest BCUT2D eigenvalue weighted by Crippen LogP contribution is 2.38. The molecule has 1 heterocycles. The van der Waals surface area contributed by atoms with Gasteiger partial charge in [-0.15, -0.1) is 0 Å². The summed E-state index contributed by atoms with van der Waals surface area (Å²) in [6.07, 6.45) is 7.08. The molecule has 3 nitrogen and oxygen atoms in total. The van der Waals surface area contributed by atoms with Gasteiger partial charge >= 0.3 is 5.63 Å². The molecule has 1 aliphatic carbocycles. The average Bonchev–Trinajstić information content (AvgIpc) is 2.71. The first-order valence-corrected chi connectivity index (χ1v) is 9.57. The van der Waals surface area contributed by atoms with E-state index < -0.39 is 0 Å². The Morgan fingerprint density at radius 3 is 2.60 bits per heavy atom. The van der Waals surface area contributed by atoms with Crippen molar-refractivity contribution in [2.45, 2.75) is 70.6 Å². The van der Waals surface area contributed by atoms with Gasteiger partial charge in [0, 0.05) is 17.4 Å². The number of hydrogen-bond acceptors (Lipinski definition) is 3. The summed E-state index contributed by atoms with van der Waals surface area (Å²) in [5, 5.41) is 11.0. The van der Waals surface area contributed by atoms with Crippen molar-refractivity contribution >= 4 is 0 Å². The quantitative estimate of drug-likeness (QED) is 0.803. The van der Waals surface area contributed by atoms with Crippen molar-refractivity contribution in [3.63, 3.8) is 0 Å². The van der Waals surface area contributed by atoms with Crippen molar-refractivity contribution in [3.05, 3.63) is 63.2 Å². The maximum atomic E-state index is 12.8. The summed E-state index contributed by atoms with van der Waals surface area (Å²) < 4.78 is 5.80. The molecule has 0 spiro atoms. The van der Waals surface area contributed by atoms with Crippen LogP contribution >= 0.6 is 0 Å². The molecule has 0 radical (unpaired) electrons. The third kappa shape index (κ3) is 3.65. The molecule has 0 saturated heterocycles. The Kier molecular flexibility index (Phi) is 5.62. The van der Waals surface area contributed by atoms with Crippen molar-refractivity contribution in [3.8, 4) is 5.75 Å². The summed E-state index contributed by atoms with van der Waals surface area (Å²) in [5.74, 6) is 0.926. The molecular formula is C22H28O3. The molecule has 0 bridgehead atoms. The van der Waals surface area contributed by atoms with Gasteiger partial charge in [0.2, 0.25) is 0 Å². The molecule has 0 saturated carbocycles. The van der Waals surface area contributed by atoms with Crippen LogP contribution in [-0.2, 0) is 6.42 Å². The van der Waals surface area contributed by atoms with Crippen LogP contribution in [0.5, 0.6) is 5.75 Å². The fourth-order valence-corrected chi connectivity index (χ4v) is 4.07. The number of hydrogen-bond donors (Lipinski definition) is 1. The maximum absolute atomic E-state index is 12.8. The predicted octanol–water partition coefficient (Wildman–Crippen LogP) is 5.50. The van der Waals surface area contributed by atoms with E-state index in [1.54, 1.807) is 0 Å². The Balaban J connectivity index is 2.13. The van der Waals surface area contributed by atoms with Gasteiger partial charge < -0.3 is 9.52 Å². The molecule has 0 amide bonds. The minimum Gasteiger partial charge on any atom is -0.507 e. The van der Waals surface area contributed by atoms with Gasteiger partial charge in [0.1, 0.15) is 11.5 Å². The Labute approximate surface area is 149 Å². The Morgan fingerprint density at radius 2 is 1.88 bits per heavy atom. The molecule has 1 N–H and O–H groups in total. The molecular weight excluding hydrogens is 312 g/mol. The SMILES string of the molecule is CCC(c1ccccc1)c1c(O)c2c(oc1=O)C(C)CCCCCC2. The summed E-state index contributed by atoms with van der Waals surface area (Å²) in [6.45, 7) is 4.14. The van der Waals surface area contributed by atoms with Gasteiger partial charge in [-0.1, -0.05) is 63.4 Å². The van der Waals surface area contributed by atoms with Gasteiger partial charge in [-0.05, 0) is 31.2 Å². The molecule has 134 valence electrons. The van der Waals surface area contributed by atoms with Gasteiger partial charge in [0.05, 0.1) is 5.56 Å². The fraction of sp³-hybridized carbons (Fsp3) is 0.500. The summed E-state index contributed by atoms with van der Waals surface area (Å²) in [7, 11) is 0. The largest absolute Gasteiger partial charge is 0.507 e. The third-order valence-corrected chi connectivity index (χ3v) is 5.48. The van der Waals surface area contributed by atoms with Crippen LogP contribution in [0.25, 0.3) is 0 Å². The van der Waals surface area contributed by atoms with Crippen LogP contribution < -0.4 is 5.63 Å². The molecule has 2 atom stereocenters. The van der Waals surface area contributed by atoms with Gasteiger partial charge in [-0.2, -0.15) is 0 Å². The van der Waals surface area contributed by atoms with Crippen LogP contribution in [0, 0.1) is 0 Å².